The first-order chi connectivity index (χ1) is 17.8. The number of benzene rings is 3. The molecular weight excluding hydrogens is 492 g/mol. The van der Waals surface area contributed by atoms with Crippen LogP contribution in [0.4, 0.5) is 11.4 Å². The molecule has 1 N–H and O–H groups in total. The fourth-order valence-corrected chi connectivity index (χ4v) is 5.44. The molecule has 37 heavy (non-hydrogen) atoms. The van der Waals surface area contributed by atoms with Crippen molar-refractivity contribution in [2.45, 2.75) is 38.5 Å². The van der Waals surface area contributed by atoms with Crippen LogP contribution >= 0.6 is 0 Å². The lowest BCUT2D eigenvalue weighted by Gasteiger charge is -2.25. The van der Waals surface area contributed by atoms with Gasteiger partial charge in [-0.25, -0.2) is 8.42 Å². The molecule has 198 valence electrons. The number of nitrogens with zero attached hydrogens (tertiary/aromatic N) is 1. The number of nitrogens with one attached hydrogen (secondary N) is 1. The third-order valence-electron chi connectivity index (χ3n) is 5.93. The minimum absolute atomic E-state index is 0.0324. The minimum Gasteiger partial charge on any atom is -0.494 e. The molecular formula is C28H34N2O6S. The van der Waals surface area contributed by atoms with Gasteiger partial charge in [0.05, 0.1) is 31.4 Å². The van der Waals surface area contributed by atoms with Gasteiger partial charge in [0.2, 0.25) is 5.91 Å². The normalized spacial score (nSPS) is 11.1. The van der Waals surface area contributed by atoms with Gasteiger partial charge >= 0.3 is 0 Å². The Labute approximate surface area is 219 Å². The van der Waals surface area contributed by atoms with Crippen LogP contribution in [0.1, 0.15) is 31.9 Å². The summed E-state index contributed by atoms with van der Waals surface area (Å²) in [5.41, 5.74) is 3.03. The number of aryl methyl sites for hydroxylation is 2. The maximum atomic E-state index is 13.9. The van der Waals surface area contributed by atoms with Gasteiger partial charge in [0.1, 0.15) is 12.3 Å². The molecule has 0 unspecified atom stereocenters. The highest BCUT2D eigenvalue weighted by atomic mass is 32.2. The Hall–Kier alpha value is -3.72. The van der Waals surface area contributed by atoms with Gasteiger partial charge in [-0.1, -0.05) is 32.0 Å². The molecule has 0 atom stereocenters. The van der Waals surface area contributed by atoms with E-state index in [9.17, 15) is 13.2 Å². The first kappa shape index (κ1) is 27.9. The number of carbonyl (C=O) groups is 1. The molecule has 0 aliphatic carbocycles. The number of rotatable bonds is 12. The first-order valence-electron chi connectivity index (χ1n) is 12.2. The second-order valence-corrected chi connectivity index (χ2v) is 10.0. The van der Waals surface area contributed by atoms with Crippen LogP contribution < -0.4 is 23.8 Å². The van der Waals surface area contributed by atoms with E-state index in [1.807, 2.05) is 39.0 Å². The van der Waals surface area contributed by atoms with Crippen LogP contribution in [0, 0.1) is 0 Å². The summed E-state index contributed by atoms with van der Waals surface area (Å²) >= 11 is 0. The van der Waals surface area contributed by atoms with Crippen LogP contribution in [0.15, 0.2) is 65.6 Å². The zero-order valence-electron chi connectivity index (χ0n) is 21.9. The van der Waals surface area contributed by atoms with Crippen molar-refractivity contribution in [2.75, 3.05) is 37.0 Å². The molecule has 0 fully saturated rings. The fraction of sp³-hybridized carbons (Fsp3) is 0.321. The molecule has 0 saturated heterocycles. The molecule has 0 aromatic heterocycles. The van der Waals surface area contributed by atoms with E-state index in [1.54, 1.807) is 24.3 Å². The summed E-state index contributed by atoms with van der Waals surface area (Å²) in [6.45, 7) is 5.94. The Kier molecular flexibility index (Phi) is 9.41. The average molecular weight is 527 g/mol. The number of para-hydroxylation sites is 1. The van der Waals surface area contributed by atoms with Gasteiger partial charge in [0, 0.05) is 11.8 Å². The quantitative estimate of drug-likeness (QED) is 0.355. The summed E-state index contributed by atoms with van der Waals surface area (Å²) in [7, 11) is -1.25. The van der Waals surface area contributed by atoms with Crippen molar-refractivity contribution in [3.8, 4) is 17.2 Å². The molecule has 3 aromatic rings. The molecule has 3 aromatic carbocycles. The molecule has 0 heterocycles. The highest BCUT2D eigenvalue weighted by Crippen LogP contribution is 2.33. The van der Waals surface area contributed by atoms with Gasteiger partial charge in [-0.15, -0.1) is 0 Å². The summed E-state index contributed by atoms with van der Waals surface area (Å²) in [4.78, 5) is 13.3. The van der Waals surface area contributed by atoms with E-state index in [4.69, 9.17) is 14.2 Å². The van der Waals surface area contributed by atoms with E-state index in [0.29, 0.717) is 23.8 Å². The van der Waals surface area contributed by atoms with Gasteiger partial charge in [-0.3, -0.25) is 9.10 Å². The average Bonchev–Trinajstić information content (AvgIpc) is 2.92. The first-order valence-corrected chi connectivity index (χ1v) is 13.6. The molecule has 1 amide bonds. The summed E-state index contributed by atoms with van der Waals surface area (Å²) < 4.78 is 44.9. The molecule has 3 rings (SSSR count). The minimum atomic E-state index is -4.16. The molecule has 0 aliphatic heterocycles. The van der Waals surface area contributed by atoms with Crippen LogP contribution in [-0.2, 0) is 27.7 Å². The summed E-state index contributed by atoms with van der Waals surface area (Å²) in [6, 6.07) is 16.8. The van der Waals surface area contributed by atoms with E-state index in [1.165, 1.54) is 32.4 Å². The lowest BCUT2D eigenvalue weighted by Crippen LogP contribution is -2.38. The smallest absolute Gasteiger partial charge is 0.264 e. The molecule has 0 spiro atoms. The molecule has 0 aliphatic rings. The second kappa shape index (κ2) is 12.5. The van der Waals surface area contributed by atoms with Crippen molar-refractivity contribution in [2.24, 2.45) is 0 Å². The van der Waals surface area contributed by atoms with Crippen LogP contribution in [0.2, 0.25) is 0 Å². The maximum absolute atomic E-state index is 13.9. The standard InChI is InChI=1S/C28H34N2O6S/c1-6-20-10-9-11-21(7-2)28(20)29-27(31)19-30(22-12-14-23(15-13-22)36-8-3)37(32,33)24-16-17-25(34-4)26(18-24)35-5/h9-18H,6-8,19H2,1-5H3,(H,29,31). The monoisotopic (exact) mass is 526 g/mol. The lowest BCUT2D eigenvalue weighted by atomic mass is 10.0. The van der Waals surface area contributed by atoms with Gasteiger partial charge in [-0.2, -0.15) is 0 Å². The zero-order chi connectivity index (χ0) is 27.0. The van der Waals surface area contributed by atoms with Gasteiger partial charge in [0.15, 0.2) is 11.5 Å². The lowest BCUT2D eigenvalue weighted by molar-refractivity contribution is -0.114. The molecule has 8 nitrogen and oxygen atoms in total. The Balaban J connectivity index is 2.03. The molecule has 0 saturated carbocycles. The van der Waals surface area contributed by atoms with Crippen LogP contribution in [0.5, 0.6) is 17.2 Å². The third kappa shape index (κ3) is 6.35. The number of anilines is 2. The van der Waals surface area contributed by atoms with E-state index in [0.717, 1.165) is 34.0 Å². The third-order valence-corrected chi connectivity index (χ3v) is 7.70. The number of methoxy groups -OCH3 is 2. The Morgan fingerprint density at radius 1 is 0.865 bits per heavy atom. The number of amides is 1. The Bertz CT molecular complexity index is 1300. The fourth-order valence-electron chi connectivity index (χ4n) is 4.01. The summed E-state index contributed by atoms with van der Waals surface area (Å²) in [6.07, 6.45) is 1.46. The van der Waals surface area contributed by atoms with E-state index in [-0.39, 0.29) is 10.6 Å². The Morgan fingerprint density at radius 3 is 2.03 bits per heavy atom. The molecule has 0 bridgehead atoms. The highest BCUT2D eigenvalue weighted by Gasteiger charge is 2.29. The topological polar surface area (TPSA) is 94.2 Å². The summed E-state index contributed by atoms with van der Waals surface area (Å²) in [5, 5.41) is 2.96. The van der Waals surface area contributed by atoms with Gasteiger partial charge in [0.25, 0.3) is 10.0 Å². The predicted molar refractivity (Wildman–Crippen MR) is 146 cm³/mol. The Morgan fingerprint density at radius 2 is 1.49 bits per heavy atom. The number of carbonyl (C=O) groups excluding carboxylic acids is 1. The van der Waals surface area contributed by atoms with Crippen LogP contribution in [-0.4, -0.2) is 41.7 Å². The van der Waals surface area contributed by atoms with Crippen LogP contribution in [0.25, 0.3) is 0 Å². The predicted octanol–water partition coefficient (Wildman–Crippen LogP) is 5.06. The number of hydrogen-bond donors (Lipinski definition) is 1. The molecule has 9 heteroatoms. The largest absolute Gasteiger partial charge is 0.494 e. The van der Waals surface area contributed by atoms with E-state index in [2.05, 4.69) is 5.32 Å². The van der Waals surface area contributed by atoms with Crippen molar-refractivity contribution in [3.05, 3.63) is 71.8 Å². The van der Waals surface area contributed by atoms with Crippen molar-refractivity contribution >= 4 is 27.3 Å². The van der Waals surface area contributed by atoms with Crippen molar-refractivity contribution in [3.63, 3.8) is 0 Å². The van der Waals surface area contributed by atoms with Gasteiger partial charge in [-0.05, 0) is 67.3 Å². The van der Waals surface area contributed by atoms with Crippen molar-refractivity contribution in [1.82, 2.24) is 0 Å². The second-order valence-electron chi connectivity index (χ2n) is 8.16. The zero-order valence-corrected chi connectivity index (χ0v) is 22.7. The summed E-state index contributed by atoms with van der Waals surface area (Å²) in [5.74, 6) is 0.816. The van der Waals surface area contributed by atoms with E-state index < -0.39 is 22.5 Å². The van der Waals surface area contributed by atoms with E-state index >= 15 is 0 Å². The van der Waals surface area contributed by atoms with Crippen molar-refractivity contribution < 1.29 is 27.4 Å². The van der Waals surface area contributed by atoms with Gasteiger partial charge < -0.3 is 19.5 Å². The highest BCUT2D eigenvalue weighted by molar-refractivity contribution is 7.92. The number of hydrogen-bond acceptors (Lipinski definition) is 6. The van der Waals surface area contributed by atoms with Crippen LogP contribution in [0.3, 0.4) is 0 Å². The number of sulfonamides is 1. The maximum Gasteiger partial charge on any atom is 0.264 e. The number of ether oxygens (including phenoxy) is 3. The SMILES string of the molecule is CCOc1ccc(N(CC(=O)Nc2c(CC)cccc2CC)S(=O)(=O)c2ccc(OC)c(OC)c2)cc1. The van der Waals surface area contributed by atoms with Crippen molar-refractivity contribution in [1.29, 1.82) is 0 Å². The molecule has 0 radical (unpaired) electrons.